The van der Waals surface area contributed by atoms with Gasteiger partial charge in [-0.3, -0.25) is 9.59 Å². The Hall–Kier alpha value is -3.22. The third kappa shape index (κ3) is 5.08. The summed E-state index contributed by atoms with van der Waals surface area (Å²) in [5.41, 5.74) is 1.12. The summed E-state index contributed by atoms with van der Waals surface area (Å²) in [5.74, 6) is 1.01. The number of benzene rings is 3. The monoisotopic (exact) mass is 526 g/mol. The first kappa shape index (κ1) is 26.0. The van der Waals surface area contributed by atoms with Gasteiger partial charge in [-0.15, -0.1) is 0 Å². The zero-order valence-electron chi connectivity index (χ0n) is 22.9. The smallest absolute Gasteiger partial charge is 0.308 e. The summed E-state index contributed by atoms with van der Waals surface area (Å²) in [6.45, 7) is 4.43. The summed E-state index contributed by atoms with van der Waals surface area (Å²) in [6, 6.07) is 22.0. The maximum Gasteiger partial charge on any atom is 0.308 e. The molecular formula is C33H38N2O4. The van der Waals surface area contributed by atoms with E-state index in [9.17, 15) is 9.59 Å². The molecule has 6 heteroatoms. The maximum absolute atomic E-state index is 13.5. The summed E-state index contributed by atoms with van der Waals surface area (Å²) in [7, 11) is 1.85. The highest BCUT2D eigenvalue weighted by atomic mass is 16.5. The lowest BCUT2D eigenvalue weighted by atomic mass is 9.55. The molecule has 2 saturated carbocycles. The predicted molar refractivity (Wildman–Crippen MR) is 152 cm³/mol. The Morgan fingerprint density at radius 3 is 2.56 bits per heavy atom. The van der Waals surface area contributed by atoms with E-state index in [0.29, 0.717) is 11.3 Å². The van der Waals surface area contributed by atoms with Crippen LogP contribution < -0.4 is 10.1 Å². The first-order valence-corrected chi connectivity index (χ1v) is 14.3. The van der Waals surface area contributed by atoms with Crippen molar-refractivity contribution in [3.8, 4) is 5.75 Å². The fourth-order valence-corrected chi connectivity index (χ4v) is 7.16. The number of ether oxygens (including phenoxy) is 2. The van der Waals surface area contributed by atoms with Crippen LogP contribution in [0.5, 0.6) is 5.75 Å². The number of amides is 1. The summed E-state index contributed by atoms with van der Waals surface area (Å²) < 4.78 is 12.0. The first-order chi connectivity index (χ1) is 18.9. The Bertz CT molecular complexity index is 1380. The van der Waals surface area contributed by atoms with Gasteiger partial charge in [0.1, 0.15) is 5.75 Å². The zero-order valence-corrected chi connectivity index (χ0v) is 22.9. The SMILES string of the molecule is COC12CCC(NC(=O)c3ccc4ccccc4c3)CC1(c1cccc(OC(C)=O)c1)CCN(CC1CC1)C2. The van der Waals surface area contributed by atoms with Crippen molar-refractivity contribution in [3.05, 3.63) is 77.9 Å². The molecule has 204 valence electrons. The number of methoxy groups -OCH3 is 1. The number of esters is 1. The molecule has 0 radical (unpaired) electrons. The van der Waals surface area contributed by atoms with Crippen molar-refractivity contribution >= 4 is 22.6 Å². The number of rotatable bonds is 7. The maximum atomic E-state index is 13.5. The number of carbonyl (C=O) groups is 2. The van der Waals surface area contributed by atoms with E-state index < -0.39 is 0 Å². The van der Waals surface area contributed by atoms with Gasteiger partial charge in [-0.25, -0.2) is 0 Å². The van der Waals surface area contributed by atoms with Crippen molar-refractivity contribution < 1.29 is 19.1 Å². The van der Waals surface area contributed by atoms with Gasteiger partial charge in [0.05, 0.1) is 5.60 Å². The molecule has 0 aromatic heterocycles. The van der Waals surface area contributed by atoms with Crippen molar-refractivity contribution in [1.29, 1.82) is 0 Å². The van der Waals surface area contributed by atoms with Gasteiger partial charge in [-0.1, -0.05) is 42.5 Å². The van der Waals surface area contributed by atoms with E-state index in [4.69, 9.17) is 9.47 Å². The van der Waals surface area contributed by atoms with E-state index in [-0.39, 0.29) is 28.9 Å². The van der Waals surface area contributed by atoms with Gasteiger partial charge >= 0.3 is 5.97 Å². The molecule has 3 aliphatic rings. The van der Waals surface area contributed by atoms with Gasteiger partial charge in [0.2, 0.25) is 0 Å². The van der Waals surface area contributed by atoms with Crippen molar-refractivity contribution in [3.63, 3.8) is 0 Å². The standard InChI is InChI=1S/C33H38N2O4/c1-23(36)39-30-9-5-8-28(19-30)32-16-17-35(21-24-10-11-24)22-33(32,38-2)15-14-29(20-32)34-31(37)27-13-12-25-6-3-4-7-26(25)18-27/h3-9,12-13,18-19,24,29H,10-11,14-17,20-22H2,1-2H3,(H,34,37). The highest BCUT2D eigenvalue weighted by Crippen LogP contribution is 2.54. The second-order valence-corrected chi connectivity index (χ2v) is 11.8. The van der Waals surface area contributed by atoms with Crippen LogP contribution in [0.1, 0.15) is 61.4 Å². The third-order valence-electron chi connectivity index (χ3n) is 9.30. The van der Waals surface area contributed by atoms with Crippen LogP contribution in [0.15, 0.2) is 66.7 Å². The minimum atomic E-state index is -0.376. The van der Waals surface area contributed by atoms with E-state index in [1.165, 1.54) is 19.8 Å². The van der Waals surface area contributed by atoms with Crippen molar-refractivity contribution in [2.24, 2.45) is 5.92 Å². The van der Waals surface area contributed by atoms with E-state index in [1.807, 2.05) is 61.7 Å². The Kier molecular flexibility index (Phi) is 6.94. The molecular weight excluding hydrogens is 488 g/mol. The van der Waals surface area contributed by atoms with Crippen molar-refractivity contribution in [1.82, 2.24) is 10.2 Å². The molecule has 1 N–H and O–H groups in total. The molecule has 1 aliphatic heterocycles. The number of hydrogen-bond acceptors (Lipinski definition) is 5. The van der Waals surface area contributed by atoms with Gasteiger partial charge in [0, 0.05) is 44.1 Å². The van der Waals surface area contributed by atoms with E-state index in [0.717, 1.165) is 67.6 Å². The molecule has 3 atom stereocenters. The fraction of sp³-hybridized carbons (Fsp3) is 0.455. The van der Waals surface area contributed by atoms with Gasteiger partial charge in [0.15, 0.2) is 0 Å². The van der Waals surface area contributed by atoms with Gasteiger partial charge in [-0.2, -0.15) is 0 Å². The molecule has 3 fully saturated rings. The van der Waals surface area contributed by atoms with Gasteiger partial charge in [0.25, 0.3) is 5.91 Å². The first-order valence-electron chi connectivity index (χ1n) is 14.3. The zero-order chi connectivity index (χ0) is 27.0. The largest absolute Gasteiger partial charge is 0.427 e. The number of piperidine rings is 1. The Morgan fingerprint density at radius 2 is 1.79 bits per heavy atom. The van der Waals surface area contributed by atoms with Gasteiger partial charge in [-0.05, 0) is 91.6 Å². The van der Waals surface area contributed by atoms with E-state index in [1.54, 1.807) is 0 Å². The topological polar surface area (TPSA) is 67.9 Å². The number of nitrogens with one attached hydrogen (secondary N) is 1. The van der Waals surface area contributed by atoms with Crippen LogP contribution >= 0.6 is 0 Å². The lowest BCUT2D eigenvalue weighted by Crippen LogP contribution is -2.68. The van der Waals surface area contributed by atoms with E-state index in [2.05, 4.69) is 22.3 Å². The Morgan fingerprint density at radius 1 is 0.974 bits per heavy atom. The molecule has 3 unspecified atom stereocenters. The fourth-order valence-electron chi connectivity index (χ4n) is 7.16. The molecule has 6 nitrogen and oxygen atoms in total. The summed E-state index contributed by atoms with van der Waals surface area (Å²) >= 11 is 0. The van der Waals surface area contributed by atoms with Crippen LogP contribution in [-0.2, 0) is 14.9 Å². The van der Waals surface area contributed by atoms with Crippen molar-refractivity contribution in [2.45, 2.75) is 62.5 Å². The third-order valence-corrected chi connectivity index (χ3v) is 9.30. The molecule has 1 heterocycles. The predicted octanol–water partition coefficient (Wildman–Crippen LogP) is 5.49. The van der Waals surface area contributed by atoms with Crippen LogP contribution in [-0.4, -0.2) is 55.2 Å². The summed E-state index contributed by atoms with van der Waals surface area (Å²) in [5, 5.41) is 5.57. The molecule has 3 aromatic rings. The van der Waals surface area contributed by atoms with Crippen LogP contribution in [0.3, 0.4) is 0 Å². The highest BCUT2D eigenvalue weighted by Gasteiger charge is 2.59. The Labute approximate surface area is 230 Å². The van der Waals surface area contributed by atoms with Gasteiger partial charge < -0.3 is 19.7 Å². The molecule has 1 saturated heterocycles. The van der Waals surface area contributed by atoms with Crippen LogP contribution in [0.4, 0.5) is 0 Å². The average molecular weight is 527 g/mol. The second kappa shape index (κ2) is 10.4. The molecule has 3 aromatic carbocycles. The lowest BCUT2D eigenvalue weighted by molar-refractivity contribution is -0.148. The molecule has 6 rings (SSSR count). The summed E-state index contributed by atoms with van der Waals surface area (Å²) in [4.78, 5) is 27.8. The number of likely N-dealkylation sites (tertiary alicyclic amines) is 1. The number of hydrogen-bond donors (Lipinski definition) is 1. The quantitative estimate of drug-likeness (QED) is 0.326. The minimum Gasteiger partial charge on any atom is -0.427 e. The van der Waals surface area contributed by atoms with Crippen molar-refractivity contribution in [2.75, 3.05) is 26.7 Å². The van der Waals surface area contributed by atoms with Crippen LogP contribution in [0, 0.1) is 5.92 Å². The normalized spacial score (nSPS) is 27.1. The molecule has 2 aliphatic carbocycles. The Balaban J connectivity index is 1.30. The number of carbonyl (C=O) groups excluding carboxylic acids is 2. The molecule has 39 heavy (non-hydrogen) atoms. The highest BCUT2D eigenvalue weighted by molar-refractivity contribution is 5.98. The second-order valence-electron chi connectivity index (χ2n) is 11.8. The van der Waals surface area contributed by atoms with Crippen LogP contribution in [0.2, 0.25) is 0 Å². The minimum absolute atomic E-state index is 0.0135. The summed E-state index contributed by atoms with van der Waals surface area (Å²) in [6.07, 6.45) is 6.07. The number of fused-ring (bicyclic) bond motifs is 2. The average Bonchev–Trinajstić information content (AvgIpc) is 3.76. The molecule has 0 spiro atoms. The van der Waals surface area contributed by atoms with Crippen LogP contribution in [0.25, 0.3) is 10.8 Å². The number of nitrogens with zero attached hydrogens (tertiary/aromatic N) is 1. The molecule has 0 bridgehead atoms. The van der Waals surface area contributed by atoms with E-state index >= 15 is 0 Å². The molecule has 1 amide bonds. The lowest BCUT2D eigenvalue weighted by Gasteiger charge is -2.60.